The first-order valence-electron chi connectivity index (χ1n) is 15.0. The second kappa shape index (κ2) is 11.4. The van der Waals surface area contributed by atoms with Crippen LogP contribution < -0.4 is 10.5 Å². The van der Waals surface area contributed by atoms with E-state index < -0.39 is 64.6 Å². The first-order chi connectivity index (χ1) is 22.6. The summed E-state index contributed by atoms with van der Waals surface area (Å²) in [5.74, 6) is -7.02. The minimum absolute atomic E-state index is 0.00954. The number of hydrogen-bond donors (Lipinski definition) is 4. The van der Waals surface area contributed by atoms with Gasteiger partial charge in [0.2, 0.25) is 5.78 Å². The molecule has 3 aromatic carbocycles. The van der Waals surface area contributed by atoms with Gasteiger partial charge in [-0.15, -0.1) is 0 Å². The van der Waals surface area contributed by atoms with Gasteiger partial charge in [-0.2, -0.15) is 0 Å². The van der Waals surface area contributed by atoms with Crippen LogP contribution in [0, 0.1) is 11.8 Å². The van der Waals surface area contributed by atoms with Gasteiger partial charge >= 0.3 is 6.16 Å². The molecule has 1 heterocycles. The molecule has 0 radical (unpaired) electrons. The Bertz CT molecular complexity index is 1920. The van der Waals surface area contributed by atoms with Crippen LogP contribution in [-0.2, 0) is 22.7 Å². The average molecular weight is 639 g/mol. The number of nitrogens with zero attached hydrogens (tertiary/aromatic N) is 1. The van der Waals surface area contributed by atoms with Gasteiger partial charge in [-0.05, 0) is 33.8 Å². The number of phenolic OH excluding ortho intramolecular Hbond substituents is 1. The number of aliphatic hydroxyl groups excluding tert-OH is 1. The zero-order valence-corrected chi connectivity index (χ0v) is 25.0. The van der Waals surface area contributed by atoms with Crippen molar-refractivity contribution in [2.75, 3.05) is 0 Å². The Hall–Kier alpha value is -5.46. The molecule has 0 fully saturated rings. The van der Waals surface area contributed by atoms with Gasteiger partial charge in [0.15, 0.2) is 17.1 Å². The van der Waals surface area contributed by atoms with Crippen LogP contribution in [0.25, 0.3) is 0 Å². The number of fused-ring (bicyclic) bond motifs is 4. The van der Waals surface area contributed by atoms with Gasteiger partial charge in [0, 0.05) is 11.5 Å². The standard InChI is InChI=1S/C35H30N2O10/c1-17-20-13-8-14-21(38)23(20)28(39)24-22(17)29(46-34(42)45-16-19-11-6-3-7-12-19)26-27(36)30-25(32(41)35(26,43)31(24)40)33(37-47-30)44-15-18-9-4-2-5-10-18/h2-14,17,22,26-27,29,38,40,43H,15-16,36H2,1H3/t17-,22+,26+,27-,29-,35-/m0/s1. The molecule has 240 valence electrons. The molecule has 0 spiro atoms. The maximum Gasteiger partial charge on any atom is 0.508 e. The van der Waals surface area contributed by atoms with Crippen molar-refractivity contribution in [3.05, 3.63) is 124 Å². The molecular weight excluding hydrogens is 608 g/mol. The van der Waals surface area contributed by atoms with E-state index in [9.17, 15) is 29.7 Å². The molecule has 1 aromatic heterocycles. The number of carbonyl (C=O) groups excluding carboxylic acids is 3. The van der Waals surface area contributed by atoms with Gasteiger partial charge in [0.05, 0.1) is 17.5 Å². The summed E-state index contributed by atoms with van der Waals surface area (Å²) in [6.07, 6.45) is -2.65. The van der Waals surface area contributed by atoms with Crippen LogP contribution in [0.15, 0.2) is 94.7 Å². The highest BCUT2D eigenvalue weighted by Crippen LogP contribution is 2.58. The van der Waals surface area contributed by atoms with E-state index in [1.165, 1.54) is 6.07 Å². The number of hydrogen-bond acceptors (Lipinski definition) is 12. The molecule has 0 unspecified atom stereocenters. The molecule has 0 saturated heterocycles. The molecular formula is C35H30N2O10. The summed E-state index contributed by atoms with van der Waals surface area (Å²) in [5, 5.41) is 38.7. The van der Waals surface area contributed by atoms with Crippen LogP contribution in [0.3, 0.4) is 0 Å². The highest BCUT2D eigenvalue weighted by Gasteiger charge is 2.68. The minimum atomic E-state index is -2.88. The number of rotatable bonds is 6. The lowest BCUT2D eigenvalue weighted by Gasteiger charge is -2.52. The molecule has 7 rings (SSSR count). The van der Waals surface area contributed by atoms with Gasteiger partial charge in [-0.25, -0.2) is 4.79 Å². The molecule has 3 aliphatic rings. The van der Waals surface area contributed by atoms with Crippen molar-refractivity contribution in [1.29, 1.82) is 0 Å². The van der Waals surface area contributed by atoms with E-state index in [-0.39, 0.29) is 41.7 Å². The van der Waals surface area contributed by atoms with Crippen molar-refractivity contribution < 1.29 is 48.4 Å². The lowest BCUT2D eigenvalue weighted by molar-refractivity contribution is -0.110. The number of Topliss-reactive ketones (excluding diaryl/α,β-unsaturated/α-hetero) is 2. The van der Waals surface area contributed by atoms with Crippen LogP contribution in [-0.4, -0.2) is 49.9 Å². The minimum Gasteiger partial charge on any atom is -0.508 e. The topological polar surface area (TPSA) is 192 Å². The normalized spacial score (nSPS) is 26.1. The van der Waals surface area contributed by atoms with E-state index >= 15 is 0 Å². The number of ether oxygens (including phenoxy) is 3. The molecule has 0 amide bonds. The number of carbonyl (C=O) groups is 3. The molecule has 5 N–H and O–H groups in total. The first kappa shape index (κ1) is 30.2. The van der Waals surface area contributed by atoms with E-state index in [1.54, 1.807) is 73.7 Å². The van der Waals surface area contributed by atoms with E-state index in [1.807, 2.05) is 6.07 Å². The van der Waals surface area contributed by atoms with Crippen LogP contribution >= 0.6 is 0 Å². The van der Waals surface area contributed by atoms with Gasteiger partial charge in [0.1, 0.15) is 36.4 Å². The fraction of sp³-hybridized carbons (Fsp3) is 0.257. The number of nitrogens with two attached hydrogens (primary N) is 1. The summed E-state index contributed by atoms with van der Waals surface area (Å²) in [4.78, 5) is 41.6. The molecule has 0 saturated carbocycles. The van der Waals surface area contributed by atoms with Crippen molar-refractivity contribution in [2.45, 2.75) is 43.8 Å². The predicted molar refractivity (Wildman–Crippen MR) is 162 cm³/mol. The highest BCUT2D eigenvalue weighted by atomic mass is 16.7. The zero-order valence-electron chi connectivity index (χ0n) is 25.0. The van der Waals surface area contributed by atoms with Crippen molar-refractivity contribution in [1.82, 2.24) is 5.16 Å². The number of phenols is 1. The third kappa shape index (κ3) is 4.67. The van der Waals surface area contributed by atoms with Gasteiger partial charge in [-0.1, -0.05) is 79.7 Å². The Morgan fingerprint density at radius 1 is 0.936 bits per heavy atom. The molecule has 0 bridgehead atoms. The molecule has 6 atom stereocenters. The Morgan fingerprint density at radius 3 is 2.28 bits per heavy atom. The molecule has 3 aliphatic carbocycles. The molecule has 47 heavy (non-hydrogen) atoms. The predicted octanol–water partition coefficient (Wildman–Crippen LogP) is 4.67. The summed E-state index contributed by atoms with van der Waals surface area (Å²) in [5.41, 5.74) is 4.85. The average Bonchev–Trinajstić information content (AvgIpc) is 3.51. The van der Waals surface area contributed by atoms with Crippen LogP contribution in [0.1, 0.15) is 62.1 Å². The Balaban J connectivity index is 1.33. The Labute approximate surface area is 268 Å². The maximum absolute atomic E-state index is 14.3. The first-order valence-corrected chi connectivity index (χ1v) is 15.0. The van der Waals surface area contributed by atoms with E-state index in [0.717, 1.165) is 5.56 Å². The Kier molecular flexibility index (Phi) is 7.33. The summed E-state index contributed by atoms with van der Waals surface area (Å²) < 4.78 is 22.5. The summed E-state index contributed by atoms with van der Waals surface area (Å²) >= 11 is 0. The Morgan fingerprint density at radius 2 is 1.60 bits per heavy atom. The second-order valence-electron chi connectivity index (χ2n) is 11.9. The fourth-order valence-corrected chi connectivity index (χ4v) is 7.09. The number of aromatic hydroxyl groups is 1. The number of ketones is 2. The highest BCUT2D eigenvalue weighted by molar-refractivity contribution is 6.16. The molecule has 0 aliphatic heterocycles. The molecule has 12 heteroatoms. The van der Waals surface area contributed by atoms with Crippen LogP contribution in [0.4, 0.5) is 4.79 Å². The van der Waals surface area contributed by atoms with Crippen LogP contribution in [0.2, 0.25) is 0 Å². The van der Waals surface area contributed by atoms with Crippen LogP contribution in [0.5, 0.6) is 11.6 Å². The summed E-state index contributed by atoms with van der Waals surface area (Å²) in [6.45, 7) is 1.55. The summed E-state index contributed by atoms with van der Waals surface area (Å²) in [7, 11) is 0. The monoisotopic (exact) mass is 638 g/mol. The SMILES string of the molecule is C[C@H]1c2cccc(O)c2C(=O)C2=C(O)[C@]3(O)C(=O)c4c(OCc5ccccc5)noc4[C@@H](N)[C@@H]3[C@@H](OC(=O)OCc3ccccc3)[C@@H]21. The number of aliphatic hydroxyl groups is 2. The fourth-order valence-electron chi connectivity index (χ4n) is 7.09. The third-order valence-electron chi connectivity index (χ3n) is 9.32. The second-order valence-corrected chi connectivity index (χ2v) is 11.9. The lowest BCUT2D eigenvalue weighted by atomic mass is 9.55. The number of aromatic nitrogens is 1. The van der Waals surface area contributed by atoms with Gasteiger partial charge in [-0.3, -0.25) is 9.59 Å². The quantitative estimate of drug-likeness (QED) is 0.214. The van der Waals surface area contributed by atoms with Crippen molar-refractivity contribution >= 4 is 17.7 Å². The zero-order chi connectivity index (χ0) is 33.0. The maximum atomic E-state index is 14.3. The lowest BCUT2D eigenvalue weighted by Crippen LogP contribution is -2.65. The van der Waals surface area contributed by atoms with Gasteiger partial charge < -0.3 is 39.8 Å². The van der Waals surface area contributed by atoms with Crippen molar-refractivity contribution in [2.24, 2.45) is 17.6 Å². The van der Waals surface area contributed by atoms with E-state index in [4.69, 9.17) is 24.5 Å². The molecule has 4 aromatic rings. The van der Waals surface area contributed by atoms with Gasteiger partial charge in [0.25, 0.3) is 5.88 Å². The number of benzene rings is 3. The van der Waals surface area contributed by atoms with Crippen molar-refractivity contribution in [3.8, 4) is 11.6 Å². The van der Waals surface area contributed by atoms with E-state index in [0.29, 0.717) is 11.1 Å². The summed E-state index contributed by atoms with van der Waals surface area (Å²) in [6, 6.07) is 21.0. The third-order valence-corrected chi connectivity index (χ3v) is 9.32. The van der Waals surface area contributed by atoms with E-state index in [2.05, 4.69) is 5.16 Å². The van der Waals surface area contributed by atoms with Crippen molar-refractivity contribution in [3.63, 3.8) is 0 Å². The molecule has 12 nitrogen and oxygen atoms in total. The smallest absolute Gasteiger partial charge is 0.508 e. The largest absolute Gasteiger partial charge is 0.508 e.